The predicted octanol–water partition coefficient (Wildman–Crippen LogP) is 2.58. The van der Waals surface area contributed by atoms with E-state index in [0.29, 0.717) is 13.0 Å². The fourth-order valence-corrected chi connectivity index (χ4v) is 2.64. The maximum absolute atomic E-state index is 12.4. The van der Waals surface area contributed by atoms with Crippen LogP contribution < -0.4 is 15.4 Å². The number of aryl methyl sites for hydroxylation is 2. The molecule has 1 heterocycles. The Morgan fingerprint density at radius 2 is 2.17 bits per heavy atom. The highest BCUT2D eigenvalue weighted by atomic mass is 16.5. The third-order valence-corrected chi connectivity index (χ3v) is 4.09. The van der Waals surface area contributed by atoms with E-state index in [1.165, 1.54) is 5.56 Å². The van der Waals surface area contributed by atoms with Gasteiger partial charge in [-0.3, -0.25) is 9.89 Å². The molecule has 0 aliphatic heterocycles. The fraction of sp³-hybridized carbons (Fsp3) is 0.444. The summed E-state index contributed by atoms with van der Waals surface area (Å²) < 4.78 is 5.21. The van der Waals surface area contributed by atoms with Crippen LogP contribution in [0.3, 0.4) is 0 Å². The molecule has 1 aromatic carbocycles. The second-order valence-electron chi connectivity index (χ2n) is 5.79. The maximum atomic E-state index is 12.4. The Bertz CT molecular complexity index is 662. The molecule has 0 bridgehead atoms. The fourth-order valence-electron chi connectivity index (χ4n) is 2.64. The van der Waals surface area contributed by atoms with Gasteiger partial charge in [0.15, 0.2) is 0 Å². The highest BCUT2D eigenvalue weighted by Crippen LogP contribution is 2.18. The number of aromatic nitrogens is 2. The number of carbonyl (C=O) groups is 1. The quantitative estimate of drug-likeness (QED) is 0.695. The molecule has 3 N–H and O–H groups in total. The van der Waals surface area contributed by atoms with E-state index in [-0.39, 0.29) is 11.9 Å². The Labute approximate surface area is 143 Å². The number of anilines is 1. The summed E-state index contributed by atoms with van der Waals surface area (Å²) in [5.41, 5.74) is 4.09. The van der Waals surface area contributed by atoms with Gasteiger partial charge < -0.3 is 15.4 Å². The summed E-state index contributed by atoms with van der Waals surface area (Å²) in [4.78, 5) is 12.4. The van der Waals surface area contributed by atoms with Crippen molar-refractivity contribution in [3.63, 3.8) is 0 Å². The van der Waals surface area contributed by atoms with Crippen LogP contribution >= 0.6 is 0 Å². The molecule has 24 heavy (non-hydrogen) atoms. The summed E-state index contributed by atoms with van der Waals surface area (Å²) in [5.74, 6) is 0.764. The van der Waals surface area contributed by atoms with E-state index < -0.39 is 0 Å². The van der Waals surface area contributed by atoms with Crippen molar-refractivity contribution in [1.29, 1.82) is 0 Å². The summed E-state index contributed by atoms with van der Waals surface area (Å²) in [6, 6.07) is 7.31. The lowest BCUT2D eigenvalue weighted by atomic mass is 10.1. The zero-order valence-corrected chi connectivity index (χ0v) is 14.8. The highest BCUT2D eigenvalue weighted by molar-refractivity contribution is 5.84. The van der Waals surface area contributed by atoms with Crippen molar-refractivity contribution in [2.24, 2.45) is 0 Å². The SMILES string of the molecule is CC[C@H](Nc1cccc(OC)c1)C(=O)NCCc1c(C)n[nH]c1C. The first-order chi connectivity index (χ1) is 11.5. The number of aromatic amines is 1. The van der Waals surface area contributed by atoms with Gasteiger partial charge in [-0.05, 0) is 44.4 Å². The molecular formula is C18H26N4O2. The molecule has 0 spiro atoms. The number of ether oxygens (including phenoxy) is 1. The lowest BCUT2D eigenvalue weighted by molar-refractivity contribution is -0.121. The summed E-state index contributed by atoms with van der Waals surface area (Å²) in [6.07, 6.45) is 1.47. The van der Waals surface area contributed by atoms with Gasteiger partial charge in [0.05, 0.1) is 12.8 Å². The minimum atomic E-state index is -0.274. The number of nitrogens with one attached hydrogen (secondary N) is 3. The number of amides is 1. The van der Waals surface area contributed by atoms with E-state index in [1.807, 2.05) is 45.0 Å². The molecule has 0 radical (unpaired) electrons. The van der Waals surface area contributed by atoms with Gasteiger partial charge in [0.1, 0.15) is 11.8 Å². The number of hydrogen-bond acceptors (Lipinski definition) is 4. The predicted molar refractivity (Wildman–Crippen MR) is 95.5 cm³/mol. The van der Waals surface area contributed by atoms with Gasteiger partial charge in [0.2, 0.25) is 5.91 Å². The van der Waals surface area contributed by atoms with Crippen LogP contribution in [-0.2, 0) is 11.2 Å². The van der Waals surface area contributed by atoms with Crippen LogP contribution in [-0.4, -0.2) is 35.8 Å². The van der Waals surface area contributed by atoms with Crippen LogP contribution in [0.1, 0.15) is 30.3 Å². The number of carbonyl (C=O) groups excluding carboxylic acids is 1. The molecule has 1 aromatic heterocycles. The van der Waals surface area contributed by atoms with E-state index in [9.17, 15) is 4.79 Å². The van der Waals surface area contributed by atoms with E-state index in [0.717, 1.165) is 29.2 Å². The normalized spacial score (nSPS) is 11.8. The van der Waals surface area contributed by atoms with Crippen molar-refractivity contribution in [2.75, 3.05) is 19.0 Å². The van der Waals surface area contributed by atoms with Gasteiger partial charge in [-0.2, -0.15) is 5.10 Å². The number of nitrogens with zero attached hydrogens (tertiary/aromatic N) is 1. The summed E-state index contributed by atoms with van der Waals surface area (Å²) >= 11 is 0. The van der Waals surface area contributed by atoms with Gasteiger partial charge in [-0.1, -0.05) is 13.0 Å². The molecule has 0 aliphatic carbocycles. The van der Waals surface area contributed by atoms with Crippen LogP contribution in [0, 0.1) is 13.8 Å². The van der Waals surface area contributed by atoms with Gasteiger partial charge in [-0.15, -0.1) is 0 Å². The third kappa shape index (κ3) is 4.50. The first-order valence-electron chi connectivity index (χ1n) is 8.23. The zero-order chi connectivity index (χ0) is 17.5. The molecule has 1 amide bonds. The molecule has 2 rings (SSSR count). The molecule has 0 saturated carbocycles. The Morgan fingerprint density at radius 3 is 2.79 bits per heavy atom. The number of methoxy groups -OCH3 is 1. The van der Waals surface area contributed by atoms with Crippen molar-refractivity contribution in [2.45, 2.75) is 39.7 Å². The number of rotatable bonds is 8. The maximum Gasteiger partial charge on any atom is 0.242 e. The van der Waals surface area contributed by atoms with Gasteiger partial charge in [-0.25, -0.2) is 0 Å². The second-order valence-corrected chi connectivity index (χ2v) is 5.79. The summed E-state index contributed by atoms with van der Waals surface area (Å²) in [6.45, 7) is 6.55. The summed E-state index contributed by atoms with van der Waals surface area (Å²) in [7, 11) is 1.63. The topological polar surface area (TPSA) is 79.0 Å². The molecule has 6 heteroatoms. The largest absolute Gasteiger partial charge is 0.497 e. The van der Waals surface area contributed by atoms with E-state index in [1.54, 1.807) is 7.11 Å². The minimum Gasteiger partial charge on any atom is -0.497 e. The monoisotopic (exact) mass is 330 g/mol. The van der Waals surface area contributed by atoms with Crippen molar-refractivity contribution in [3.05, 3.63) is 41.2 Å². The van der Waals surface area contributed by atoms with E-state index in [2.05, 4.69) is 20.8 Å². The first-order valence-corrected chi connectivity index (χ1v) is 8.23. The standard InChI is InChI=1S/C18H26N4O2/c1-5-17(20-14-7-6-8-15(11-14)24-4)18(23)19-10-9-16-12(2)21-22-13(16)3/h6-8,11,17,20H,5,9-10H2,1-4H3,(H,19,23)(H,21,22)/t17-/m0/s1. The number of H-pyrrole nitrogens is 1. The Balaban J connectivity index is 1.89. The number of benzene rings is 1. The van der Waals surface area contributed by atoms with Crippen molar-refractivity contribution in [3.8, 4) is 5.75 Å². The van der Waals surface area contributed by atoms with Crippen LogP contribution in [0.25, 0.3) is 0 Å². The van der Waals surface area contributed by atoms with Crippen LogP contribution in [0.15, 0.2) is 24.3 Å². The van der Waals surface area contributed by atoms with Crippen molar-refractivity contribution < 1.29 is 9.53 Å². The van der Waals surface area contributed by atoms with Gasteiger partial charge in [0, 0.05) is 24.0 Å². The smallest absolute Gasteiger partial charge is 0.242 e. The first kappa shape index (κ1) is 17.8. The molecular weight excluding hydrogens is 304 g/mol. The molecule has 1 atom stereocenters. The third-order valence-electron chi connectivity index (χ3n) is 4.09. The second kappa shape index (κ2) is 8.38. The molecule has 0 fully saturated rings. The lowest BCUT2D eigenvalue weighted by Gasteiger charge is -2.18. The Kier molecular flexibility index (Phi) is 6.23. The Morgan fingerprint density at radius 1 is 1.38 bits per heavy atom. The molecule has 0 saturated heterocycles. The molecule has 0 aliphatic rings. The number of hydrogen-bond donors (Lipinski definition) is 3. The molecule has 0 unspecified atom stereocenters. The Hall–Kier alpha value is -2.50. The van der Waals surface area contributed by atoms with E-state index >= 15 is 0 Å². The molecule has 2 aromatic rings. The van der Waals surface area contributed by atoms with Gasteiger partial charge in [0.25, 0.3) is 0 Å². The van der Waals surface area contributed by atoms with Gasteiger partial charge >= 0.3 is 0 Å². The van der Waals surface area contributed by atoms with Crippen LogP contribution in [0.5, 0.6) is 5.75 Å². The van der Waals surface area contributed by atoms with Crippen LogP contribution in [0.2, 0.25) is 0 Å². The van der Waals surface area contributed by atoms with Crippen LogP contribution in [0.4, 0.5) is 5.69 Å². The molecule has 6 nitrogen and oxygen atoms in total. The van der Waals surface area contributed by atoms with Crippen molar-refractivity contribution >= 4 is 11.6 Å². The van der Waals surface area contributed by atoms with E-state index in [4.69, 9.17) is 4.74 Å². The lowest BCUT2D eigenvalue weighted by Crippen LogP contribution is -2.40. The zero-order valence-electron chi connectivity index (χ0n) is 14.8. The highest BCUT2D eigenvalue weighted by Gasteiger charge is 2.16. The molecule has 130 valence electrons. The van der Waals surface area contributed by atoms with Crippen molar-refractivity contribution in [1.82, 2.24) is 15.5 Å². The average Bonchev–Trinajstić information content (AvgIpc) is 2.91. The summed E-state index contributed by atoms with van der Waals surface area (Å²) in [5, 5.41) is 13.4. The minimum absolute atomic E-state index is 0.000814. The average molecular weight is 330 g/mol.